The van der Waals surface area contributed by atoms with E-state index in [9.17, 15) is 4.79 Å². The summed E-state index contributed by atoms with van der Waals surface area (Å²) in [5.74, 6) is 0.187. The van der Waals surface area contributed by atoms with E-state index >= 15 is 0 Å². The topological polar surface area (TPSA) is 46.3 Å². The smallest absolute Gasteiger partial charge is 0.178 e. The van der Waals surface area contributed by atoms with Gasteiger partial charge in [-0.25, -0.2) is 0 Å². The summed E-state index contributed by atoms with van der Waals surface area (Å²) in [6.45, 7) is 1.37. The van der Waals surface area contributed by atoms with Crippen LogP contribution in [0.25, 0.3) is 0 Å². The zero-order valence-corrected chi connectivity index (χ0v) is 7.65. The molecule has 0 bridgehead atoms. The van der Waals surface area contributed by atoms with Gasteiger partial charge in [0.05, 0.1) is 11.5 Å². The van der Waals surface area contributed by atoms with Gasteiger partial charge in [0.2, 0.25) is 0 Å². The fourth-order valence-corrected chi connectivity index (χ4v) is 2.46. The summed E-state index contributed by atoms with van der Waals surface area (Å²) in [4.78, 5) is 14.5. The van der Waals surface area contributed by atoms with E-state index in [0.29, 0.717) is 6.54 Å². The molecule has 2 rings (SSSR count). The Balaban J connectivity index is 2.46. The Bertz CT molecular complexity index is 332. The molecule has 0 fully saturated rings. The first kappa shape index (κ1) is 7.76. The molecule has 4 heteroatoms. The number of thiophene rings is 1. The Morgan fingerprint density at radius 2 is 2.33 bits per heavy atom. The maximum Gasteiger partial charge on any atom is 0.178 e. The Labute approximate surface area is 74.8 Å². The van der Waals surface area contributed by atoms with Crippen molar-refractivity contribution in [2.75, 3.05) is 19.3 Å². The zero-order chi connectivity index (χ0) is 8.72. The summed E-state index contributed by atoms with van der Waals surface area (Å²) in [7, 11) is 1.94. The third kappa shape index (κ3) is 1.13. The molecular weight excluding hydrogens is 172 g/mol. The number of carbonyl (C=O) groups excluding carboxylic acids is 1. The fraction of sp³-hybridized carbons (Fsp3) is 0.375. The van der Waals surface area contributed by atoms with Gasteiger partial charge in [0.15, 0.2) is 5.78 Å². The third-order valence-electron chi connectivity index (χ3n) is 1.96. The highest BCUT2D eigenvalue weighted by Gasteiger charge is 2.22. The molecule has 1 aliphatic heterocycles. The number of carbonyl (C=O) groups is 1. The molecule has 1 aliphatic rings. The van der Waals surface area contributed by atoms with Gasteiger partial charge in [-0.1, -0.05) is 0 Å². The number of nitrogen functional groups attached to an aromatic ring is 1. The van der Waals surface area contributed by atoms with Crippen LogP contribution in [0.5, 0.6) is 0 Å². The Kier molecular flexibility index (Phi) is 1.66. The standard InChI is InChI=1S/C8H10N2OS/c1-10-3-6(11)5-2-8(9)12-7(5)4-10/h2H,3-4,9H2,1H3. The lowest BCUT2D eigenvalue weighted by atomic mass is 10.1. The summed E-state index contributed by atoms with van der Waals surface area (Å²) < 4.78 is 0. The first-order valence-corrected chi connectivity index (χ1v) is 4.58. The van der Waals surface area contributed by atoms with E-state index in [-0.39, 0.29) is 5.78 Å². The van der Waals surface area contributed by atoms with E-state index < -0.39 is 0 Å². The number of hydrogen-bond donors (Lipinski definition) is 1. The van der Waals surface area contributed by atoms with Gasteiger partial charge in [0, 0.05) is 17.0 Å². The van der Waals surface area contributed by atoms with Gasteiger partial charge in [-0.2, -0.15) is 0 Å². The quantitative estimate of drug-likeness (QED) is 0.650. The first-order chi connectivity index (χ1) is 5.66. The number of nitrogens with zero attached hydrogens (tertiary/aromatic N) is 1. The molecule has 0 atom stereocenters. The molecule has 12 heavy (non-hydrogen) atoms. The van der Waals surface area contributed by atoms with Crippen molar-refractivity contribution in [3.8, 4) is 0 Å². The number of anilines is 1. The van der Waals surface area contributed by atoms with Crippen LogP contribution >= 0.6 is 11.3 Å². The first-order valence-electron chi connectivity index (χ1n) is 3.77. The maximum atomic E-state index is 11.4. The average Bonchev–Trinajstić information content (AvgIpc) is 2.29. The summed E-state index contributed by atoms with van der Waals surface area (Å²) >= 11 is 1.51. The normalized spacial score (nSPS) is 17.9. The van der Waals surface area contributed by atoms with Crippen LogP contribution in [0.4, 0.5) is 5.00 Å². The van der Waals surface area contributed by atoms with Crippen LogP contribution in [-0.2, 0) is 6.54 Å². The largest absolute Gasteiger partial charge is 0.391 e. The molecule has 0 aromatic carbocycles. The molecule has 64 valence electrons. The molecule has 0 radical (unpaired) electrons. The summed E-state index contributed by atoms with van der Waals surface area (Å²) in [6.07, 6.45) is 0. The van der Waals surface area contributed by atoms with Gasteiger partial charge in [0.1, 0.15) is 0 Å². The minimum absolute atomic E-state index is 0.187. The predicted octanol–water partition coefficient (Wildman–Crippen LogP) is 0.958. The second kappa shape index (κ2) is 2.57. The van der Waals surface area contributed by atoms with E-state index in [1.165, 1.54) is 11.3 Å². The van der Waals surface area contributed by atoms with Crippen LogP contribution in [0.2, 0.25) is 0 Å². The lowest BCUT2D eigenvalue weighted by molar-refractivity contribution is 0.0925. The second-order valence-electron chi connectivity index (χ2n) is 3.08. The molecule has 1 aromatic heterocycles. The van der Waals surface area contributed by atoms with E-state index in [4.69, 9.17) is 5.73 Å². The van der Waals surface area contributed by atoms with Crippen molar-refractivity contribution in [2.24, 2.45) is 0 Å². The van der Waals surface area contributed by atoms with E-state index in [0.717, 1.165) is 22.0 Å². The number of hydrogen-bond acceptors (Lipinski definition) is 4. The van der Waals surface area contributed by atoms with Gasteiger partial charge in [-0.05, 0) is 13.1 Å². The number of rotatable bonds is 0. The molecule has 3 nitrogen and oxygen atoms in total. The van der Waals surface area contributed by atoms with Crippen LogP contribution in [0.3, 0.4) is 0 Å². The molecule has 0 saturated heterocycles. The highest BCUT2D eigenvalue weighted by atomic mass is 32.1. The highest BCUT2D eigenvalue weighted by molar-refractivity contribution is 7.16. The Morgan fingerprint density at radius 3 is 3.08 bits per heavy atom. The number of fused-ring (bicyclic) bond motifs is 1. The van der Waals surface area contributed by atoms with E-state index in [1.807, 2.05) is 11.9 Å². The molecule has 0 unspecified atom stereocenters. The lowest BCUT2D eigenvalue weighted by Gasteiger charge is -2.20. The fourth-order valence-electron chi connectivity index (χ4n) is 1.43. The Hall–Kier alpha value is -0.870. The zero-order valence-electron chi connectivity index (χ0n) is 6.83. The third-order valence-corrected chi connectivity index (χ3v) is 2.90. The van der Waals surface area contributed by atoms with Gasteiger partial charge >= 0.3 is 0 Å². The van der Waals surface area contributed by atoms with Crippen LogP contribution in [0, 0.1) is 0 Å². The summed E-state index contributed by atoms with van der Waals surface area (Å²) in [6, 6.07) is 1.79. The van der Waals surface area contributed by atoms with Gasteiger partial charge in [-0.3, -0.25) is 9.69 Å². The van der Waals surface area contributed by atoms with Crippen molar-refractivity contribution >= 4 is 22.1 Å². The highest BCUT2D eigenvalue weighted by Crippen LogP contribution is 2.28. The van der Waals surface area contributed by atoms with Crippen molar-refractivity contribution in [3.05, 3.63) is 16.5 Å². The molecule has 1 aromatic rings. The van der Waals surface area contributed by atoms with Crippen LogP contribution in [0.15, 0.2) is 6.07 Å². The molecule has 2 N–H and O–H groups in total. The minimum Gasteiger partial charge on any atom is -0.391 e. The maximum absolute atomic E-state index is 11.4. The second-order valence-corrected chi connectivity index (χ2v) is 4.25. The van der Waals surface area contributed by atoms with Crippen molar-refractivity contribution in [3.63, 3.8) is 0 Å². The van der Waals surface area contributed by atoms with Crippen molar-refractivity contribution in [1.82, 2.24) is 4.90 Å². The van der Waals surface area contributed by atoms with Crippen molar-refractivity contribution in [2.45, 2.75) is 6.54 Å². The molecular formula is C8H10N2OS. The van der Waals surface area contributed by atoms with Crippen LogP contribution < -0.4 is 5.73 Å². The molecule has 0 saturated carbocycles. The molecule has 2 heterocycles. The van der Waals surface area contributed by atoms with Gasteiger partial charge in [-0.15, -0.1) is 11.3 Å². The van der Waals surface area contributed by atoms with E-state index in [2.05, 4.69) is 0 Å². The summed E-state index contributed by atoms with van der Waals surface area (Å²) in [5.41, 5.74) is 6.44. The molecule has 0 spiro atoms. The van der Waals surface area contributed by atoms with Gasteiger partial charge < -0.3 is 5.73 Å². The minimum atomic E-state index is 0.187. The predicted molar refractivity (Wildman–Crippen MR) is 49.4 cm³/mol. The number of likely N-dealkylation sites (N-methyl/N-ethyl adjacent to an activating group) is 1. The lowest BCUT2D eigenvalue weighted by Crippen LogP contribution is -2.30. The van der Waals surface area contributed by atoms with Gasteiger partial charge in [0.25, 0.3) is 0 Å². The average molecular weight is 182 g/mol. The number of Topliss-reactive ketones (excluding diaryl/α,β-unsaturated/α-hetero) is 1. The summed E-state index contributed by atoms with van der Waals surface area (Å²) in [5, 5.41) is 0.739. The molecule has 0 amide bonds. The van der Waals surface area contributed by atoms with Crippen molar-refractivity contribution < 1.29 is 4.79 Å². The van der Waals surface area contributed by atoms with E-state index in [1.54, 1.807) is 6.07 Å². The number of nitrogens with two attached hydrogens (primary N) is 1. The Morgan fingerprint density at radius 1 is 1.58 bits per heavy atom. The monoisotopic (exact) mass is 182 g/mol. The molecule has 0 aliphatic carbocycles. The number of ketones is 1. The van der Waals surface area contributed by atoms with Crippen molar-refractivity contribution in [1.29, 1.82) is 0 Å². The SMILES string of the molecule is CN1CC(=O)c2cc(N)sc2C1. The van der Waals surface area contributed by atoms with Crippen LogP contribution in [-0.4, -0.2) is 24.3 Å². The van der Waals surface area contributed by atoms with Crippen LogP contribution in [0.1, 0.15) is 15.2 Å².